The van der Waals surface area contributed by atoms with Crippen LogP contribution in [0.2, 0.25) is 0 Å². The number of nitrogens with one attached hydrogen (secondary N) is 1. The van der Waals surface area contributed by atoms with Crippen molar-refractivity contribution >= 4 is 28.8 Å². The van der Waals surface area contributed by atoms with E-state index in [1.54, 1.807) is 0 Å². The van der Waals surface area contributed by atoms with E-state index < -0.39 is 0 Å². The third kappa shape index (κ3) is 4.28. The zero-order valence-corrected chi connectivity index (χ0v) is 12.6. The van der Waals surface area contributed by atoms with Gasteiger partial charge < -0.3 is 11.1 Å². The fourth-order valence-corrected chi connectivity index (χ4v) is 2.69. The molecule has 1 aromatic carbocycles. The molecule has 1 heterocycles. The van der Waals surface area contributed by atoms with Crippen LogP contribution >= 0.6 is 12.2 Å². The zero-order chi connectivity index (χ0) is 14.5. The lowest BCUT2D eigenvalue weighted by atomic mass is 10.0. The summed E-state index contributed by atoms with van der Waals surface area (Å²) in [5.74, 6) is 0.712. The van der Waals surface area contributed by atoms with Crippen LogP contribution < -0.4 is 11.1 Å². The number of likely N-dealkylation sites (tertiary alicyclic amines) is 1. The molecule has 1 aliphatic rings. The van der Waals surface area contributed by atoms with E-state index in [1.165, 1.54) is 12.8 Å². The molecule has 1 saturated heterocycles. The van der Waals surface area contributed by atoms with Crippen LogP contribution in [0.15, 0.2) is 24.3 Å². The molecular formula is C15H21N3OS. The summed E-state index contributed by atoms with van der Waals surface area (Å²) in [4.78, 5) is 14.6. The lowest BCUT2D eigenvalue weighted by Crippen LogP contribution is -2.39. The highest BCUT2D eigenvalue weighted by atomic mass is 32.1. The molecule has 3 N–H and O–H groups in total. The molecule has 1 atom stereocenters. The number of piperidine rings is 1. The smallest absolute Gasteiger partial charge is 0.238 e. The summed E-state index contributed by atoms with van der Waals surface area (Å²) < 4.78 is 0. The fraction of sp³-hybridized carbons (Fsp3) is 0.467. The van der Waals surface area contributed by atoms with Gasteiger partial charge in [-0.15, -0.1) is 0 Å². The van der Waals surface area contributed by atoms with E-state index in [4.69, 9.17) is 18.0 Å². The predicted molar refractivity (Wildman–Crippen MR) is 85.8 cm³/mol. The zero-order valence-electron chi connectivity index (χ0n) is 11.8. The van der Waals surface area contributed by atoms with Crippen molar-refractivity contribution in [2.45, 2.75) is 19.8 Å². The number of hydrogen-bond acceptors (Lipinski definition) is 3. The van der Waals surface area contributed by atoms with Crippen molar-refractivity contribution in [3.63, 3.8) is 0 Å². The van der Waals surface area contributed by atoms with Crippen LogP contribution in [-0.2, 0) is 4.79 Å². The second-order valence-corrected chi connectivity index (χ2v) is 5.91. The number of nitrogens with two attached hydrogens (primary N) is 1. The second kappa shape index (κ2) is 6.81. The maximum Gasteiger partial charge on any atom is 0.238 e. The monoisotopic (exact) mass is 291 g/mol. The Morgan fingerprint density at radius 2 is 2.15 bits per heavy atom. The minimum atomic E-state index is 0.0298. The molecule has 1 amide bonds. The first-order valence-electron chi connectivity index (χ1n) is 6.96. The van der Waals surface area contributed by atoms with Gasteiger partial charge in [-0.25, -0.2) is 0 Å². The molecule has 0 saturated carbocycles. The van der Waals surface area contributed by atoms with Gasteiger partial charge in [-0.1, -0.05) is 19.1 Å². The third-order valence-electron chi connectivity index (χ3n) is 3.56. The third-order valence-corrected chi connectivity index (χ3v) is 3.80. The Hall–Kier alpha value is -1.46. The SMILES string of the molecule is CC1CCCN(CC(=O)Nc2ccc(C(N)=S)cc2)C1. The van der Waals surface area contributed by atoms with Gasteiger partial charge in [-0.05, 0) is 49.6 Å². The van der Waals surface area contributed by atoms with Gasteiger partial charge in [0.2, 0.25) is 5.91 Å². The molecule has 1 fully saturated rings. The van der Waals surface area contributed by atoms with Gasteiger partial charge in [-0.2, -0.15) is 0 Å². The Morgan fingerprint density at radius 3 is 2.75 bits per heavy atom. The van der Waals surface area contributed by atoms with Crippen molar-refractivity contribution in [2.75, 3.05) is 25.0 Å². The molecule has 0 spiro atoms. The van der Waals surface area contributed by atoms with Crippen LogP contribution in [-0.4, -0.2) is 35.4 Å². The average molecular weight is 291 g/mol. The van der Waals surface area contributed by atoms with Crippen molar-refractivity contribution in [2.24, 2.45) is 11.7 Å². The highest BCUT2D eigenvalue weighted by Gasteiger charge is 2.18. The molecule has 0 aliphatic carbocycles. The lowest BCUT2D eigenvalue weighted by molar-refractivity contribution is -0.117. The first kappa shape index (κ1) is 14.9. The predicted octanol–water partition coefficient (Wildman–Crippen LogP) is 1.99. The highest BCUT2D eigenvalue weighted by Crippen LogP contribution is 2.15. The summed E-state index contributed by atoms with van der Waals surface area (Å²) in [5.41, 5.74) is 7.13. The molecule has 20 heavy (non-hydrogen) atoms. The van der Waals surface area contributed by atoms with Crippen LogP contribution in [0.1, 0.15) is 25.3 Å². The molecule has 1 unspecified atom stereocenters. The summed E-state index contributed by atoms with van der Waals surface area (Å²) in [6.45, 7) is 4.71. The molecule has 2 rings (SSSR count). The Kier molecular flexibility index (Phi) is 5.09. The van der Waals surface area contributed by atoms with Crippen molar-refractivity contribution in [1.82, 2.24) is 4.90 Å². The van der Waals surface area contributed by atoms with E-state index in [1.807, 2.05) is 24.3 Å². The average Bonchev–Trinajstić information content (AvgIpc) is 2.39. The number of anilines is 1. The Bertz CT molecular complexity index is 486. The molecule has 0 radical (unpaired) electrons. The Balaban J connectivity index is 1.86. The second-order valence-electron chi connectivity index (χ2n) is 5.47. The van der Waals surface area contributed by atoms with E-state index in [0.29, 0.717) is 17.5 Å². The normalized spacial score (nSPS) is 19.6. The van der Waals surface area contributed by atoms with Gasteiger partial charge >= 0.3 is 0 Å². The molecule has 5 heteroatoms. The van der Waals surface area contributed by atoms with Gasteiger partial charge in [0.05, 0.1) is 6.54 Å². The van der Waals surface area contributed by atoms with E-state index in [0.717, 1.165) is 24.3 Å². The van der Waals surface area contributed by atoms with Crippen LogP contribution in [0, 0.1) is 5.92 Å². The van der Waals surface area contributed by atoms with Crippen molar-refractivity contribution in [1.29, 1.82) is 0 Å². The van der Waals surface area contributed by atoms with E-state index in [-0.39, 0.29) is 5.91 Å². The first-order valence-corrected chi connectivity index (χ1v) is 7.37. The summed E-state index contributed by atoms with van der Waals surface area (Å²) in [7, 11) is 0. The van der Waals surface area contributed by atoms with Gasteiger partial charge in [0, 0.05) is 17.8 Å². The molecule has 108 valence electrons. The van der Waals surface area contributed by atoms with Gasteiger partial charge in [0.25, 0.3) is 0 Å². The number of carbonyl (C=O) groups is 1. The summed E-state index contributed by atoms with van der Waals surface area (Å²) in [6.07, 6.45) is 2.44. The number of rotatable bonds is 4. The van der Waals surface area contributed by atoms with E-state index >= 15 is 0 Å². The van der Waals surface area contributed by atoms with Crippen molar-refractivity contribution < 1.29 is 4.79 Å². The van der Waals surface area contributed by atoms with Crippen LogP contribution in [0.4, 0.5) is 5.69 Å². The topological polar surface area (TPSA) is 58.4 Å². The molecular weight excluding hydrogens is 270 g/mol. The van der Waals surface area contributed by atoms with E-state index in [2.05, 4.69) is 17.1 Å². The molecule has 1 aliphatic heterocycles. The number of thiocarbonyl (C=S) groups is 1. The van der Waals surface area contributed by atoms with Gasteiger partial charge in [-0.3, -0.25) is 9.69 Å². The fourth-order valence-electron chi connectivity index (χ4n) is 2.55. The largest absolute Gasteiger partial charge is 0.389 e. The number of benzene rings is 1. The minimum Gasteiger partial charge on any atom is -0.389 e. The molecule has 4 nitrogen and oxygen atoms in total. The number of hydrogen-bond donors (Lipinski definition) is 2. The lowest BCUT2D eigenvalue weighted by Gasteiger charge is -2.30. The Morgan fingerprint density at radius 1 is 1.45 bits per heavy atom. The van der Waals surface area contributed by atoms with Crippen LogP contribution in [0.5, 0.6) is 0 Å². The Labute approximate surface area is 125 Å². The summed E-state index contributed by atoms with van der Waals surface area (Å²) >= 11 is 4.90. The van der Waals surface area contributed by atoms with E-state index in [9.17, 15) is 4.79 Å². The number of nitrogens with zero attached hydrogens (tertiary/aromatic N) is 1. The maximum atomic E-state index is 12.0. The van der Waals surface area contributed by atoms with Crippen LogP contribution in [0.3, 0.4) is 0 Å². The number of amides is 1. The maximum absolute atomic E-state index is 12.0. The first-order chi connectivity index (χ1) is 9.54. The molecule has 0 aromatic heterocycles. The minimum absolute atomic E-state index is 0.0298. The number of carbonyl (C=O) groups excluding carboxylic acids is 1. The molecule has 0 bridgehead atoms. The van der Waals surface area contributed by atoms with Crippen molar-refractivity contribution in [3.8, 4) is 0 Å². The van der Waals surface area contributed by atoms with Gasteiger partial charge in [0.1, 0.15) is 4.99 Å². The standard InChI is InChI=1S/C15H21N3OS/c1-11-3-2-8-18(9-11)10-14(19)17-13-6-4-12(5-7-13)15(16)20/h4-7,11H,2-3,8-10H2,1H3,(H2,16,20)(H,17,19). The van der Waals surface area contributed by atoms with Crippen LogP contribution in [0.25, 0.3) is 0 Å². The summed E-state index contributed by atoms with van der Waals surface area (Å²) in [5, 5.41) is 2.91. The molecule has 1 aromatic rings. The quantitative estimate of drug-likeness (QED) is 0.833. The summed E-state index contributed by atoms with van der Waals surface area (Å²) in [6, 6.07) is 7.29. The van der Waals surface area contributed by atoms with Gasteiger partial charge in [0.15, 0.2) is 0 Å². The van der Waals surface area contributed by atoms with Crippen molar-refractivity contribution in [3.05, 3.63) is 29.8 Å². The highest BCUT2D eigenvalue weighted by molar-refractivity contribution is 7.80.